The Bertz CT molecular complexity index is 798. The summed E-state index contributed by atoms with van der Waals surface area (Å²) in [6.45, 7) is 3.62. The van der Waals surface area contributed by atoms with Crippen molar-refractivity contribution in [2.45, 2.75) is 0 Å². The predicted molar refractivity (Wildman–Crippen MR) is 91.9 cm³/mol. The topological polar surface area (TPSA) is 123 Å². The molecule has 0 unspecified atom stereocenters. The van der Waals surface area contributed by atoms with Crippen LogP contribution in [-0.2, 0) is 0 Å². The summed E-state index contributed by atoms with van der Waals surface area (Å²) in [6.07, 6.45) is 1.22. The molecule has 0 atom stereocenters. The molecule has 0 aliphatic heterocycles. The lowest BCUT2D eigenvalue weighted by atomic mass is 10.2. The Kier molecular flexibility index (Phi) is 5.72. The van der Waals surface area contributed by atoms with Gasteiger partial charge in [-0.1, -0.05) is 6.58 Å². The van der Waals surface area contributed by atoms with Crippen molar-refractivity contribution in [1.82, 2.24) is 16.3 Å². The fourth-order valence-electron chi connectivity index (χ4n) is 1.70. The zero-order chi connectivity index (χ0) is 18.2. The number of hydrazine groups is 1. The van der Waals surface area contributed by atoms with E-state index in [1.54, 1.807) is 0 Å². The molecule has 128 valence electrons. The van der Waals surface area contributed by atoms with E-state index < -0.39 is 11.8 Å². The Morgan fingerprint density at radius 3 is 1.84 bits per heavy atom. The molecule has 5 N–H and O–H groups in total. The average molecular weight is 340 g/mol. The summed E-state index contributed by atoms with van der Waals surface area (Å²) in [7, 11) is 0. The quantitative estimate of drug-likeness (QED) is 0.400. The van der Waals surface area contributed by atoms with Crippen LogP contribution in [0.1, 0.15) is 20.7 Å². The molecule has 0 aliphatic rings. The number of aromatic hydroxyl groups is 2. The summed E-state index contributed by atoms with van der Waals surface area (Å²) in [5.41, 5.74) is 8.11. The molecule has 0 aromatic heterocycles. The molecular weight excluding hydrogens is 324 g/mol. The van der Waals surface area contributed by atoms with Crippen LogP contribution in [0.15, 0.2) is 65.9 Å². The van der Waals surface area contributed by atoms with Gasteiger partial charge < -0.3 is 10.2 Å². The maximum absolute atomic E-state index is 11.8. The largest absolute Gasteiger partial charge is 0.508 e. The van der Waals surface area contributed by atoms with Gasteiger partial charge in [-0.2, -0.15) is 5.10 Å². The van der Waals surface area contributed by atoms with Gasteiger partial charge in [0.2, 0.25) is 0 Å². The van der Waals surface area contributed by atoms with Crippen molar-refractivity contribution < 1.29 is 19.8 Å². The van der Waals surface area contributed by atoms with Gasteiger partial charge in [0, 0.05) is 11.1 Å². The number of rotatable bonds is 6. The third-order valence-electron chi connectivity index (χ3n) is 2.98. The van der Waals surface area contributed by atoms with Crippen LogP contribution in [-0.4, -0.2) is 28.2 Å². The number of hydrazone groups is 1. The molecule has 2 rings (SSSR count). The zero-order valence-electron chi connectivity index (χ0n) is 13.1. The number of phenolic OH excluding ortho intramolecular Hbond substituents is 2. The lowest BCUT2D eigenvalue weighted by molar-refractivity contribution is 0.0935. The Labute approximate surface area is 143 Å². The maximum atomic E-state index is 11.8. The second-order valence-electron chi connectivity index (χ2n) is 4.90. The molecule has 2 amide bonds. The van der Waals surface area contributed by atoms with Crippen LogP contribution in [0, 0.1) is 0 Å². The summed E-state index contributed by atoms with van der Waals surface area (Å²) >= 11 is 0. The molecule has 2 aromatic rings. The highest BCUT2D eigenvalue weighted by atomic mass is 16.3. The first-order valence-corrected chi connectivity index (χ1v) is 7.12. The highest BCUT2D eigenvalue weighted by Gasteiger charge is 2.05. The van der Waals surface area contributed by atoms with Gasteiger partial charge in [0.25, 0.3) is 11.8 Å². The van der Waals surface area contributed by atoms with Crippen molar-refractivity contribution in [3.63, 3.8) is 0 Å². The van der Waals surface area contributed by atoms with E-state index in [-0.39, 0.29) is 17.2 Å². The summed E-state index contributed by atoms with van der Waals surface area (Å²) in [5.74, 6) is -0.771. The monoisotopic (exact) mass is 340 g/mol. The number of hydrogen-bond donors (Lipinski definition) is 5. The molecule has 25 heavy (non-hydrogen) atoms. The number of nitrogens with one attached hydrogen (secondary N) is 3. The van der Waals surface area contributed by atoms with Gasteiger partial charge in [-0.25, -0.2) is 5.43 Å². The van der Waals surface area contributed by atoms with Gasteiger partial charge in [-0.15, -0.1) is 0 Å². The SMILES string of the molecule is C=C(/C=N\NC(=O)c1ccc(O)cc1)NNC(=O)c1ccc(O)cc1. The number of benzene rings is 2. The van der Waals surface area contributed by atoms with Crippen LogP contribution in [0.4, 0.5) is 0 Å². The Balaban J connectivity index is 1.78. The first kappa shape index (κ1) is 17.5. The van der Waals surface area contributed by atoms with Gasteiger partial charge in [-0.3, -0.25) is 20.4 Å². The number of nitrogens with zero attached hydrogens (tertiary/aromatic N) is 1. The third-order valence-corrected chi connectivity index (χ3v) is 2.98. The second kappa shape index (κ2) is 8.16. The molecule has 0 saturated carbocycles. The lowest BCUT2D eigenvalue weighted by Gasteiger charge is -2.08. The van der Waals surface area contributed by atoms with E-state index >= 15 is 0 Å². The molecule has 8 heteroatoms. The standard InChI is InChI=1S/C17H16N4O4/c1-11(19-21-17(25)13-4-8-15(23)9-5-13)10-18-20-16(24)12-2-6-14(22)7-3-12/h2-10,19,22-23H,1H2,(H,20,24)(H,21,25)/b18-10-. The summed E-state index contributed by atoms with van der Waals surface area (Å²) in [5, 5.41) is 22.0. The van der Waals surface area contributed by atoms with Gasteiger partial charge >= 0.3 is 0 Å². The minimum atomic E-state index is -0.461. The van der Waals surface area contributed by atoms with Crippen molar-refractivity contribution in [1.29, 1.82) is 0 Å². The Morgan fingerprint density at radius 2 is 1.32 bits per heavy atom. The van der Waals surface area contributed by atoms with Crippen LogP contribution in [0.25, 0.3) is 0 Å². The van der Waals surface area contributed by atoms with Crippen LogP contribution >= 0.6 is 0 Å². The van der Waals surface area contributed by atoms with Crippen molar-refractivity contribution in [3.8, 4) is 11.5 Å². The molecule has 0 fully saturated rings. The minimum absolute atomic E-state index is 0.0574. The molecule has 0 heterocycles. The third kappa shape index (κ3) is 5.39. The lowest BCUT2D eigenvalue weighted by Crippen LogP contribution is -2.37. The van der Waals surface area contributed by atoms with Crippen molar-refractivity contribution >= 4 is 18.0 Å². The van der Waals surface area contributed by atoms with Crippen LogP contribution < -0.4 is 16.3 Å². The van der Waals surface area contributed by atoms with Gasteiger partial charge in [-0.05, 0) is 48.5 Å². The van der Waals surface area contributed by atoms with Crippen molar-refractivity contribution in [3.05, 3.63) is 71.9 Å². The van der Waals surface area contributed by atoms with Crippen molar-refractivity contribution in [2.24, 2.45) is 5.10 Å². The second-order valence-corrected chi connectivity index (χ2v) is 4.90. The summed E-state index contributed by atoms with van der Waals surface area (Å²) < 4.78 is 0. The van der Waals surface area contributed by atoms with Gasteiger partial charge in [0.05, 0.1) is 11.9 Å². The smallest absolute Gasteiger partial charge is 0.271 e. The first-order valence-electron chi connectivity index (χ1n) is 7.12. The number of allylic oxidation sites excluding steroid dienone is 1. The van der Waals surface area contributed by atoms with Gasteiger partial charge in [0.15, 0.2) is 0 Å². The van der Waals surface area contributed by atoms with E-state index in [0.29, 0.717) is 11.1 Å². The van der Waals surface area contributed by atoms with Crippen molar-refractivity contribution in [2.75, 3.05) is 0 Å². The van der Waals surface area contributed by atoms with Gasteiger partial charge in [0.1, 0.15) is 11.5 Å². The number of carbonyl (C=O) groups is 2. The highest BCUT2D eigenvalue weighted by molar-refractivity contribution is 5.95. The van der Waals surface area contributed by atoms with Crippen LogP contribution in [0.5, 0.6) is 11.5 Å². The number of carbonyl (C=O) groups excluding carboxylic acids is 2. The van der Waals surface area contributed by atoms with E-state index in [0.717, 1.165) is 0 Å². The maximum Gasteiger partial charge on any atom is 0.271 e. The number of amides is 2. The van der Waals surface area contributed by atoms with Crippen LogP contribution in [0.3, 0.4) is 0 Å². The summed E-state index contributed by atoms with van der Waals surface area (Å²) in [6, 6.07) is 11.4. The molecule has 0 aliphatic carbocycles. The molecule has 0 saturated heterocycles. The van der Waals surface area contributed by atoms with E-state index in [1.807, 2.05) is 0 Å². The molecule has 8 nitrogen and oxygen atoms in total. The number of phenols is 2. The minimum Gasteiger partial charge on any atom is -0.508 e. The molecule has 0 spiro atoms. The Hall–Kier alpha value is -3.81. The average Bonchev–Trinajstić information content (AvgIpc) is 2.60. The highest BCUT2D eigenvalue weighted by Crippen LogP contribution is 2.10. The number of hydrogen-bond acceptors (Lipinski definition) is 6. The fraction of sp³-hybridized carbons (Fsp3) is 0. The van der Waals surface area contributed by atoms with E-state index in [2.05, 4.69) is 28.0 Å². The first-order chi connectivity index (χ1) is 12.0. The molecule has 2 aromatic carbocycles. The molecule has 0 radical (unpaired) electrons. The fourth-order valence-corrected chi connectivity index (χ4v) is 1.70. The Morgan fingerprint density at radius 1 is 0.840 bits per heavy atom. The molecular formula is C17H16N4O4. The van der Waals surface area contributed by atoms with E-state index in [4.69, 9.17) is 10.2 Å². The van der Waals surface area contributed by atoms with Crippen LogP contribution in [0.2, 0.25) is 0 Å². The molecule has 0 bridgehead atoms. The normalized spacial score (nSPS) is 10.2. The van der Waals surface area contributed by atoms with E-state index in [1.165, 1.54) is 54.7 Å². The zero-order valence-corrected chi connectivity index (χ0v) is 13.1. The van der Waals surface area contributed by atoms with E-state index in [9.17, 15) is 9.59 Å². The predicted octanol–water partition coefficient (Wildman–Crippen LogP) is 1.26. The summed E-state index contributed by atoms with van der Waals surface area (Å²) in [4.78, 5) is 23.6.